The molecule has 0 unspecified atom stereocenters. The van der Waals surface area contributed by atoms with Gasteiger partial charge in [0.2, 0.25) is 10.0 Å². The second-order valence-corrected chi connectivity index (χ2v) is 8.62. The molecule has 0 aromatic heterocycles. The zero-order valence-electron chi connectivity index (χ0n) is 15.5. The first-order valence-electron chi connectivity index (χ1n) is 8.74. The predicted molar refractivity (Wildman–Crippen MR) is 101 cm³/mol. The molecule has 0 aliphatic heterocycles. The highest BCUT2D eigenvalue weighted by atomic mass is 32.2. The van der Waals surface area contributed by atoms with Crippen LogP contribution in [-0.2, 0) is 29.4 Å². The third kappa shape index (κ3) is 3.71. The van der Waals surface area contributed by atoms with E-state index in [-0.39, 0.29) is 6.54 Å². The van der Waals surface area contributed by atoms with Crippen LogP contribution in [0.15, 0.2) is 41.3 Å². The Morgan fingerprint density at radius 3 is 2.38 bits per heavy atom. The van der Waals surface area contributed by atoms with Crippen LogP contribution in [-0.4, -0.2) is 34.0 Å². The quantitative estimate of drug-likeness (QED) is 0.776. The van der Waals surface area contributed by atoms with Crippen molar-refractivity contribution in [2.24, 2.45) is 0 Å². The van der Waals surface area contributed by atoms with Crippen molar-refractivity contribution in [1.82, 2.24) is 4.31 Å². The van der Waals surface area contributed by atoms with E-state index in [4.69, 9.17) is 9.47 Å². The molecule has 3 rings (SSSR count). The smallest absolute Gasteiger partial charge is 0.243 e. The first-order valence-corrected chi connectivity index (χ1v) is 10.2. The van der Waals surface area contributed by atoms with Gasteiger partial charge in [0.1, 0.15) is 11.5 Å². The van der Waals surface area contributed by atoms with E-state index >= 15 is 0 Å². The monoisotopic (exact) mass is 375 g/mol. The molecule has 2 aromatic carbocycles. The summed E-state index contributed by atoms with van der Waals surface area (Å²) in [6.07, 6.45) is 4.29. The number of ether oxygens (including phenoxy) is 2. The fourth-order valence-corrected chi connectivity index (χ4v) is 4.56. The van der Waals surface area contributed by atoms with Crippen LogP contribution in [0.1, 0.15) is 29.5 Å². The molecule has 2 aromatic rings. The number of hydrogen-bond donors (Lipinski definition) is 0. The maximum Gasteiger partial charge on any atom is 0.243 e. The zero-order valence-corrected chi connectivity index (χ0v) is 16.3. The number of fused-ring (bicyclic) bond motifs is 1. The first-order chi connectivity index (χ1) is 12.5. The number of aryl methyl sites for hydroxylation is 2. The molecule has 26 heavy (non-hydrogen) atoms. The van der Waals surface area contributed by atoms with Crippen LogP contribution in [0, 0.1) is 0 Å². The van der Waals surface area contributed by atoms with Gasteiger partial charge in [-0.15, -0.1) is 0 Å². The Labute approximate surface area is 155 Å². The second-order valence-electron chi connectivity index (χ2n) is 6.58. The summed E-state index contributed by atoms with van der Waals surface area (Å²) in [6, 6.07) is 10.9. The normalized spacial score (nSPS) is 14.2. The minimum absolute atomic E-state index is 0.229. The number of benzene rings is 2. The summed E-state index contributed by atoms with van der Waals surface area (Å²) in [5, 5.41) is 0. The molecule has 5 nitrogen and oxygen atoms in total. The maximum atomic E-state index is 13.0. The van der Waals surface area contributed by atoms with Gasteiger partial charge in [-0.1, -0.05) is 12.1 Å². The minimum Gasteiger partial charge on any atom is -0.497 e. The lowest BCUT2D eigenvalue weighted by molar-refractivity contribution is 0.384. The van der Waals surface area contributed by atoms with Crippen LogP contribution in [0.2, 0.25) is 0 Å². The Kier molecular flexibility index (Phi) is 5.53. The second kappa shape index (κ2) is 7.68. The van der Waals surface area contributed by atoms with Crippen molar-refractivity contribution in [2.45, 2.75) is 37.1 Å². The molecule has 0 bridgehead atoms. The molecule has 0 spiro atoms. The average molecular weight is 375 g/mol. The lowest BCUT2D eigenvalue weighted by Crippen LogP contribution is -2.27. The van der Waals surface area contributed by atoms with E-state index in [9.17, 15) is 8.42 Å². The number of sulfonamides is 1. The molecule has 1 aliphatic carbocycles. The average Bonchev–Trinajstić information content (AvgIpc) is 2.67. The fourth-order valence-electron chi connectivity index (χ4n) is 3.36. The fraction of sp³-hybridized carbons (Fsp3) is 0.400. The molecule has 140 valence electrons. The van der Waals surface area contributed by atoms with Gasteiger partial charge in [-0.05, 0) is 55.0 Å². The molecule has 1 aliphatic rings. The standard InChI is InChI=1S/C20H25NO4S/c1-21(14-17-8-10-18(24-2)13-20(17)25-3)26(22,23)19-11-9-15-6-4-5-7-16(15)12-19/h8-13H,4-7,14H2,1-3H3. The Hall–Kier alpha value is -2.05. The zero-order chi connectivity index (χ0) is 18.7. The summed E-state index contributed by atoms with van der Waals surface area (Å²) in [5.41, 5.74) is 3.22. The van der Waals surface area contributed by atoms with Crippen molar-refractivity contribution < 1.29 is 17.9 Å². The molecule has 0 fully saturated rings. The van der Waals surface area contributed by atoms with Crippen LogP contribution in [0.4, 0.5) is 0 Å². The molecule has 0 N–H and O–H groups in total. The number of hydrogen-bond acceptors (Lipinski definition) is 4. The van der Waals surface area contributed by atoms with Gasteiger partial charge in [0, 0.05) is 25.2 Å². The minimum atomic E-state index is -3.56. The lowest BCUT2D eigenvalue weighted by Gasteiger charge is -2.21. The summed E-state index contributed by atoms with van der Waals surface area (Å²) in [4.78, 5) is 0.355. The SMILES string of the molecule is COc1ccc(CN(C)S(=O)(=O)c2ccc3c(c2)CCCC3)c(OC)c1. The van der Waals surface area contributed by atoms with E-state index in [1.54, 1.807) is 39.5 Å². The summed E-state index contributed by atoms with van der Waals surface area (Å²) in [6.45, 7) is 0.229. The topological polar surface area (TPSA) is 55.8 Å². The van der Waals surface area contributed by atoms with Crippen molar-refractivity contribution >= 4 is 10.0 Å². The molecule has 6 heteroatoms. The summed E-state index contributed by atoms with van der Waals surface area (Å²) >= 11 is 0. The van der Waals surface area contributed by atoms with E-state index in [2.05, 4.69) is 0 Å². The van der Waals surface area contributed by atoms with Crippen molar-refractivity contribution in [3.63, 3.8) is 0 Å². The van der Waals surface area contributed by atoms with Crippen LogP contribution in [0.5, 0.6) is 11.5 Å². The van der Waals surface area contributed by atoms with Crippen LogP contribution in [0.25, 0.3) is 0 Å². The molecule has 0 saturated heterocycles. The van der Waals surface area contributed by atoms with Crippen LogP contribution < -0.4 is 9.47 Å². The highest BCUT2D eigenvalue weighted by Crippen LogP contribution is 2.29. The maximum absolute atomic E-state index is 13.0. The highest BCUT2D eigenvalue weighted by molar-refractivity contribution is 7.89. The van der Waals surface area contributed by atoms with Crippen molar-refractivity contribution in [1.29, 1.82) is 0 Å². The van der Waals surface area contributed by atoms with E-state index < -0.39 is 10.0 Å². The van der Waals surface area contributed by atoms with Gasteiger partial charge in [-0.2, -0.15) is 4.31 Å². The van der Waals surface area contributed by atoms with Gasteiger partial charge in [-0.25, -0.2) is 8.42 Å². The molecule has 0 amide bonds. The van der Waals surface area contributed by atoms with E-state index in [1.807, 2.05) is 18.2 Å². The van der Waals surface area contributed by atoms with Gasteiger partial charge in [0.25, 0.3) is 0 Å². The van der Waals surface area contributed by atoms with Gasteiger partial charge in [-0.3, -0.25) is 0 Å². The van der Waals surface area contributed by atoms with Gasteiger partial charge in [0.05, 0.1) is 19.1 Å². The van der Waals surface area contributed by atoms with E-state index in [0.29, 0.717) is 16.4 Å². The molecular weight excluding hydrogens is 350 g/mol. The molecular formula is C20H25NO4S. The van der Waals surface area contributed by atoms with E-state index in [1.165, 1.54) is 16.3 Å². The summed E-state index contributed by atoms with van der Waals surface area (Å²) in [5.74, 6) is 1.28. The van der Waals surface area contributed by atoms with E-state index in [0.717, 1.165) is 30.4 Å². The molecule has 0 radical (unpaired) electrons. The van der Waals surface area contributed by atoms with Crippen molar-refractivity contribution in [3.8, 4) is 11.5 Å². The molecule has 0 atom stereocenters. The summed E-state index contributed by atoms with van der Waals surface area (Å²) in [7, 11) is 1.18. The predicted octanol–water partition coefficient (Wildman–Crippen LogP) is 3.40. The first kappa shape index (κ1) is 18.7. The Morgan fingerprint density at radius 1 is 0.962 bits per heavy atom. The van der Waals surface area contributed by atoms with Crippen molar-refractivity contribution in [2.75, 3.05) is 21.3 Å². The Balaban J connectivity index is 1.86. The van der Waals surface area contributed by atoms with Gasteiger partial charge >= 0.3 is 0 Å². The third-order valence-corrected chi connectivity index (χ3v) is 6.71. The van der Waals surface area contributed by atoms with Crippen LogP contribution in [0.3, 0.4) is 0 Å². The Morgan fingerprint density at radius 2 is 1.69 bits per heavy atom. The van der Waals surface area contributed by atoms with Crippen LogP contribution >= 0.6 is 0 Å². The summed E-state index contributed by atoms with van der Waals surface area (Å²) < 4.78 is 37.9. The number of methoxy groups -OCH3 is 2. The molecule has 0 heterocycles. The Bertz CT molecular complexity index is 893. The third-order valence-electron chi connectivity index (χ3n) is 4.92. The highest BCUT2D eigenvalue weighted by Gasteiger charge is 2.23. The number of rotatable bonds is 6. The van der Waals surface area contributed by atoms with Gasteiger partial charge < -0.3 is 9.47 Å². The van der Waals surface area contributed by atoms with Gasteiger partial charge in [0.15, 0.2) is 0 Å². The number of nitrogens with zero attached hydrogens (tertiary/aromatic N) is 1. The van der Waals surface area contributed by atoms with Crippen molar-refractivity contribution in [3.05, 3.63) is 53.1 Å². The largest absolute Gasteiger partial charge is 0.497 e. The lowest BCUT2D eigenvalue weighted by atomic mass is 9.92. The molecule has 0 saturated carbocycles.